The Morgan fingerprint density at radius 2 is 2.00 bits per heavy atom. The Morgan fingerprint density at radius 1 is 1.35 bits per heavy atom. The van der Waals surface area contributed by atoms with Gasteiger partial charge in [0.15, 0.2) is 6.61 Å². The lowest BCUT2D eigenvalue weighted by atomic mass is 10.2. The van der Waals surface area contributed by atoms with Gasteiger partial charge in [-0.05, 0) is 26.0 Å². The van der Waals surface area contributed by atoms with E-state index < -0.39 is 5.97 Å². The largest absolute Gasteiger partial charge is 0.496 e. The number of anilines is 1. The van der Waals surface area contributed by atoms with Crippen molar-refractivity contribution < 1.29 is 19.1 Å². The standard InChI is InChI=1S/C14H20N2O4/c1-9(2)16(3)13(17)8-20-14(18)11-6-5-10(15)7-12(11)19-4/h5-7,9H,8,15H2,1-4H3. The van der Waals surface area contributed by atoms with E-state index in [4.69, 9.17) is 15.2 Å². The zero-order chi connectivity index (χ0) is 15.3. The van der Waals surface area contributed by atoms with Crippen LogP contribution in [-0.2, 0) is 9.53 Å². The normalized spacial score (nSPS) is 10.2. The first-order chi connectivity index (χ1) is 9.36. The fourth-order valence-corrected chi connectivity index (χ4v) is 1.47. The van der Waals surface area contributed by atoms with Crippen LogP contribution in [0.1, 0.15) is 24.2 Å². The smallest absolute Gasteiger partial charge is 0.342 e. The number of nitrogen functional groups attached to an aromatic ring is 1. The van der Waals surface area contributed by atoms with E-state index in [1.54, 1.807) is 13.1 Å². The minimum Gasteiger partial charge on any atom is -0.496 e. The van der Waals surface area contributed by atoms with E-state index in [9.17, 15) is 9.59 Å². The van der Waals surface area contributed by atoms with Crippen LogP contribution in [-0.4, -0.2) is 43.6 Å². The van der Waals surface area contributed by atoms with Crippen molar-refractivity contribution in [1.82, 2.24) is 4.90 Å². The van der Waals surface area contributed by atoms with Crippen molar-refractivity contribution in [1.29, 1.82) is 0 Å². The highest BCUT2D eigenvalue weighted by molar-refractivity contribution is 5.94. The molecule has 0 aliphatic heterocycles. The molecule has 0 aliphatic rings. The van der Waals surface area contributed by atoms with Crippen molar-refractivity contribution in [2.45, 2.75) is 19.9 Å². The summed E-state index contributed by atoms with van der Waals surface area (Å²) in [5.41, 5.74) is 6.32. The highest BCUT2D eigenvalue weighted by Gasteiger charge is 2.18. The third-order valence-corrected chi connectivity index (χ3v) is 2.94. The Balaban J connectivity index is 2.71. The molecule has 0 atom stereocenters. The van der Waals surface area contributed by atoms with Crippen molar-refractivity contribution >= 4 is 17.6 Å². The third-order valence-electron chi connectivity index (χ3n) is 2.94. The number of carbonyl (C=O) groups is 2. The molecule has 1 rings (SSSR count). The Hall–Kier alpha value is -2.24. The van der Waals surface area contributed by atoms with Gasteiger partial charge in [-0.15, -0.1) is 0 Å². The lowest BCUT2D eigenvalue weighted by molar-refractivity contribution is -0.134. The molecule has 110 valence electrons. The monoisotopic (exact) mass is 280 g/mol. The first-order valence-corrected chi connectivity index (χ1v) is 6.23. The van der Waals surface area contributed by atoms with Crippen LogP contribution in [0.3, 0.4) is 0 Å². The van der Waals surface area contributed by atoms with Gasteiger partial charge in [-0.25, -0.2) is 4.79 Å². The molecular formula is C14H20N2O4. The number of rotatable bonds is 5. The molecule has 0 heterocycles. The van der Waals surface area contributed by atoms with Crippen molar-refractivity contribution in [2.24, 2.45) is 0 Å². The molecule has 0 saturated heterocycles. The minimum absolute atomic E-state index is 0.0484. The van der Waals surface area contributed by atoms with Gasteiger partial charge in [0.25, 0.3) is 5.91 Å². The van der Waals surface area contributed by atoms with Crippen LogP contribution in [0.15, 0.2) is 18.2 Å². The van der Waals surface area contributed by atoms with Gasteiger partial charge in [0.2, 0.25) is 0 Å². The zero-order valence-electron chi connectivity index (χ0n) is 12.2. The summed E-state index contributed by atoms with van der Waals surface area (Å²) < 4.78 is 10.1. The van der Waals surface area contributed by atoms with E-state index in [1.807, 2.05) is 13.8 Å². The lowest BCUT2D eigenvalue weighted by Gasteiger charge is -2.21. The van der Waals surface area contributed by atoms with Gasteiger partial charge < -0.3 is 20.1 Å². The fourth-order valence-electron chi connectivity index (χ4n) is 1.47. The summed E-state index contributed by atoms with van der Waals surface area (Å²) >= 11 is 0. The molecule has 1 aromatic rings. The number of carbonyl (C=O) groups excluding carboxylic acids is 2. The van der Waals surface area contributed by atoms with Crippen LogP contribution in [0, 0.1) is 0 Å². The maximum atomic E-state index is 11.9. The van der Waals surface area contributed by atoms with Crippen LogP contribution in [0.2, 0.25) is 0 Å². The van der Waals surface area contributed by atoms with Gasteiger partial charge in [-0.3, -0.25) is 4.79 Å². The number of hydrogen-bond acceptors (Lipinski definition) is 5. The third kappa shape index (κ3) is 3.88. The number of hydrogen-bond donors (Lipinski definition) is 1. The highest BCUT2D eigenvalue weighted by Crippen LogP contribution is 2.22. The second kappa shape index (κ2) is 6.79. The summed E-state index contributed by atoms with van der Waals surface area (Å²) in [7, 11) is 3.09. The predicted molar refractivity (Wildman–Crippen MR) is 75.6 cm³/mol. The van der Waals surface area contributed by atoms with Crippen LogP contribution in [0.5, 0.6) is 5.75 Å². The molecule has 0 aliphatic carbocycles. The first-order valence-electron chi connectivity index (χ1n) is 6.23. The molecule has 0 aromatic heterocycles. The van der Waals surface area contributed by atoms with Gasteiger partial charge in [-0.2, -0.15) is 0 Å². The Labute approximate surface area is 118 Å². The molecule has 0 unspecified atom stereocenters. The van der Waals surface area contributed by atoms with Crippen molar-refractivity contribution in [3.63, 3.8) is 0 Å². The van der Waals surface area contributed by atoms with Crippen LogP contribution in [0.25, 0.3) is 0 Å². The summed E-state index contributed by atoms with van der Waals surface area (Å²) in [6, 6.07) is 4.65. The Morgan fingerprint density at radius 3 is 2.55 bits per heavy atom. The SMILES string of the molecule is COc1cc(N)ccc1C(=O)OCC(=O)N(C)C(C)C. The van der Waals surface area contributed by atoms with E-state index in [0.29, 0.717) is 11.4 Å². The van der Waals surface area contributed by atoms with Gasteiger partial charge in [0.05, 0.1) is 7.11 Å². The number of likely N-dealkylation sites (N-methyl/N-ethyl adjacent to an activating group) is 1. The maximum absolute atomic E-state index is 11.9. The van der Waals surface area contributed by atoms with Crippen LogP contribution in [0.4, 0.5) is 5.69 Å². The van der Waals surface area contributed by atoms with Gasteiger partial charge in [0.1, 0.15) is 11.3 Å². The van der Waals surface area contributed by atoms with Crippen molar-refractivity contribution in [2.75, 3.05) is 26.5 Å². The quantitative estimate of drug-likeness (QED) is 0.649. The number of amides is 1. The molecule has 1 amide bonds. The Kier molecular flexibility index (Phi) is 5.37. The summed E-state index contributed by atoms with van der Waals surface area (Å²) in [5.74, 6) is -0.560. The number of nitrogens with zero attached hydrogens (tertiary/aromatic N) is 1. The molecule has 20 heavy (non-hydrogen) atoms. The van der Waals surface area contributed by atoms with E-state index in [2.05, 4.69) is 0 Å². The van der Waals surface area contributed by atoms with Crippen molar-refractivity contribution in [3.05, 3.63) is 23.8 Å². The topological polar surface area (TPSA) is 81.9 Å². The predicted octanol–water partition coefficient (Wildman–Crippen LogP) is 1.30. The maximum Gasteiger partial charge on any atom is 0.342 e. The second-order valence-corrected chi connectivity index (χ2v) is 4.63. The highest BCUT2D eigenvalue weighted by atomic mass is 16.5. The molecule has 0 fully saturated rings. The van der Waals surface area contributed by atoms with E-state index in [-0.39, 0.29) is 24.1 Å². The van der Waals surface area contributed by atoms with Gasteiger partial charge in [0, 0.05) is 24.8 Å². The van der Waals surface area contributed by atoms with E-state index in [1.165, 1.54) is 24.1 Å². The molecule has 6 heteroatoms. The fraction of sp³-hybridized carbons (Fsp3) is 0.429. The molecule has 0 bridgehead atoms. The molecule has 0 radical (unpaired) electrons. The number of nitrogens with two attached hydrogens (primary N) is 1. The molecular weight excluding hydrogens is 260 g/mol. The molecule has 6 nitrogen and oxygen atoms in total. The summed E-state index contributed by atoms with van der Waals surface area (Å²) in [5, 5.41) is 0. The summed E-state index contributed by atoms with van der Waals surface area (Å²) in [4.78, 5) is 25.2. The van der Waals surface area contributed by atoms with E-state index >= 15 is 0 Å². The first kappa shape index (κ1) is 15.8. The molecule has 2 N–H and O–H groups in total. The lowest BCUT2D eigenvalue weighted by Crippen LogP contribution is -2.36. The molecule has 1 aromatic carbocycles. The Bertz CT molecular complexity index is 500. The second-order valence-electron chi connectivity index (χ2n) is 4.63. The van der Waals surface area contributed by atoms with Crippen LogP contribution >= 0.6 is 0 Å². The average molecular weight is 280 g/mol. The van der Waals surface area contributed by atoms with Gasteiger partial charge in [-0.1, -0.05) is 0 Å². The van der Waals surface area contributed by atoms with Crippen molar-refractivity contribution in [3.8, 4) is 5.75 Å². The van der Waals surface area contributed by atoms with Gasteiger partial charge >= 0.3 is 5.97 Å². The number of benzene rings is 1. The minimum atomic E-state index is -0.618. The van der Waals surface area contributed by atoms with Crippen LogP contribution < -0.4 is 10.5 Å². The number of methoxy groups -OCH3 is 1. The van der Waals surface area contributed by atoms with E-state index in [0.717, 1.165) is 0 Å². The number of ether oxygens (including phenoxy) is 2. The summed E-state index contributed by atoms with van der Waals surface area (Å²) in [6.45, 7) is 3.45. The molecule has 0 spiro atoms. The molecule has 0 saturated carbocycles. The summed E-state index contributed by atoms with van der Waals surface area (Å²) in [6.07, 6.45) is 0. The zero-order valence-corrected chi connectivity index (χ0v) is 12.2. The number of esters is 1. The average Bonchev–Trinajstić information content (AvgIpc) is 2.43.